The molecular weight excluding hydrogens is 745 g/mol. The third kappa shape index (κ3) is 6.29. The van der Waals surface area contributed by atoms with Crippen molar-refractivity contribution < 1.29 is 8.83 Å². The fourth-order valence-corrected chi connectivity index (χ4v) is 9.50. The molecule has 0 fully saturated rings. The van der Waals surface area contributed by atoms with Gasteiger partial charge in [0.05, 0.1) is 0 Å². The summed E-state index contributed by atoms with van der Waals surface area (Å²) in [5, 5.41) is 8.99. The van der Waals surface area contributed by atoms with Crippen LogP contribution >= 0.6 is 0 Å². The van der Waals surface area contributed by atoms with Gasteiger partial charge >= 0.3 is 0 Å². The van der Waals surface area contributed by atoms with Gasteiger partial charge in [-0.15, -0.1) is 0 Å². The zero-order valence-electron chi connectivity index (χ0n) is 35.6. The first-order valence-electron chi connectivity index (χ1n) is 21.1. The fourth-order valence-electron chi connectivity index (χ4n) is 9.50. The lowest BCUT2D eigenvalue weighted by Crippen LogP contribution is -2.10. The zero-order chi connectivity index (χ0) is 41.7. The Labute approximate surface area is 355 Å². The molecule has 0 saturated heterocycles. The van der Waals surface area contributed by atoms with E-state index in [2.05, 4.69) is 210 Å². The van der Waals surface area contributed by atoms with Crippen LogP contribution in [0.5, 0.6) is 0 Å². The molecule has 4 heteroatoms. The molecule has 0 unspecified atom stereocenters. The van der Waals surface area contributed by atoms with Gasteiger partial charge in [0.25, 0.3) is 0 Å². The number of nitrogens with zero attached hydrogens (tertiary/aromatic N) is 2. The molecule has 11 aromatic rings. The van der Waals surface area contributed by atoms with Gasteiger partial charge in [0, 0.05) is 61.2 Å². The van der Waals surface area contributed by atoms with Crippen molar-refractivity contribution in [3.05, 3.63) is 191 Å². The third-order valence-electron chi connectivity index (χ3n) is 12.3. The Morgan fingerprint density at radius 1 is 0.279 bits per heavy atom. The number of hydrogen-bond acceptors (Lipinski definition) is 4. The van der Waals surface area contributed by atoms with Gasteiger partial charge in [-0.05, 0) is 195 Å². The second kappa shape index (κ2) is 13.9. The summed E-state index contributed by atoms with van der Waals surface area (Å²) >= 11 is 0. The highest BCUT2D eigenvalue weighted by Gasteiger charge is 2.21. The average Bonchev–Trinajstić information content (AvgIpc) is 3.77. The van der Waals surface area contributed by atoms with E-state index in [1.54, 1.807) is 0 Å². The van der Waals surface area contributed by atoms with Crippen LogP contribution < -0.4 is 9.80 Å². The van der Waals surface area contributed by atoms with Crippen molar-refractivity contribution in [3.63, 3.8) is 0 Å². The molecule has 2 aromatic heterocycles. The first kappa shape index (κ1) is 36.8. The molecule has 0 amide bonds. The van der Waals surface area contributed by atoms with Crippen LogP contribution in [0.2, 0.25) is 0 Å². The van der Waals surface area contributed by atoms with Gasteiger partial charge in [-0.3, -0.25) is 0 Å². The van der Waals surface area contributed by atoms with E-state index in [9.17, 15) is 0 Å². The van der Waals surface area contributed by atoms with Crippen LogP contribution in [0.1, 0.15) is 38.9 Å². The smallest absolute Gasteiger partial charge is 0.142 e. The average molecular weight is 791 g/mol. The topological polar surface area (TPSA) is 32.8 Å². The molecule has 0 bridgehead atoms. The van der Waals surface area contributed by atoms with Crippen LogP contribution in [-0.2, 0) is 0 Å². The summed E-state index contributed by atoms with van der Waals surface area (Å²) in [5.74, 6) is 0. The number of anilines is 6. The van der Waals surface area contributed by atoms with Crippen LogP contribution in [0, 0.1) is 48.5 Å². The summed E-state index contributed by atoms with van der Waals surface area (Å²) in [7, 11) is 0. The number of fused-ring (bicyclic) bond motifs is 8. The SMILES string of the molecule is Cc1ccc(N(c2cc(C)cc(C)c2)c2ccc3cc4c(cc3c2)oc2c(C)c3oc5cc6cc(N(c7ccc(C)cc7)c7cc(C)cc(C)c7)ccc6cc5c3cc24)cc1. The summed E-state index contributed by atoms with van der Waals surface area (Å²) < 4.78 is 13.5. The summed E-state index contributed by atoms with van der Waals surface area (Å²) in [6.07, 6.45) is 0. The van der Waals surface area contributed by atoms with Crippen LogP contribution in [0.4, 0.5) is 34.1 Å². The minimum Gasteiger partial charge on any atom is -0.456 e. The highest BCUT2D eigenvalue weighted by Crippen LogP contribution is 2.44. The Bertz CT molecular complexity index is 3280. The summed E-state index contributed by atoms with van der Waals surface area (Å²) in [6, 6.07) is 55.8. The summed E-state index contributed by atoms with van der Waals surface area (Å²) in [4.78, 5) is 4.70. The van der Waals surface area contributed by atoms with Gasteiger partial charge in [0.1, 0.15) is 22.3 Å². The Kier molecular flexibility index (Phi) is 8.37. The van der Waals surface area contributed by atoms with Gasteiger partial charge < -0.3 is 18.6 Å². The molecule has 11 rings (SSSR count). The van der Waals surface area contributed by atoms with E-state index in [0.717, 1.165) is 94.3 Å². The number of furan rings is 2. The van der Waals surface area contributed by atoms with Crippen LogP contribution in [-0.4, -0.2) is 0 Å². The number of rotatable bonds is 6. The Balaban J connectivity index is 1.02. The lowest BCUT2D eigenvalue weighted by atomic mass is 10.0. The maximum atomic E-state index is 6.76. The second-order valence-electron chi connectivity index (χ2n) is 17.3. The monoisotopic (exact) mass is 790 g/mol. The van der Waals surface area contributed by atoms with Crippen molar-refractivity contribution in [2.75, 3.05) is 9.80 Å². The third-order valence-corrected chi connectivity index (χ3v) is 12.3. The van der Waals surface area contributed by atoms with E-state index >= 15 is 0 Å². The molecule has 2 heterocycles. The maximum absolute atomic E-state index is 6.76. The normalized spacial score (nSPS) is 11.9. The van der Waals surface area contributed by atoms with Crippen molar-refractivity contribution >= 4 is 99.5 Å². The molecule has 4 nitrogen and oxygen atoms in total. The van der Waals surface area contributed by atoms with Crippen molar-refractivity contribution in [2.24, 2.45) is 0 Å². The van der Waals surface area contributed by atoms with E-state index < -0.39 is 0 Å². The predicted molar refractivity (Wildman–Crippen MR) is 259 cm³/mol. The molecule has 0 aliphatic heterocycles. The molecule has 0 saturated carbocycles. The second-order valence-corrected chi connectivity index (χ2v) is 17.3. The van der Waals surface area contributed by atoms with Crippen LogP contribution in [0.25, 0.3) is 65.4 Å². The first-order valence-corrected chi connectivity index (χ1v) is 21.1. The van der Waals surface area contributed by atoms with E-state index in [1.165, 1.54) is 44.2 Å². The molecule has 0 aliphatic rings. The predicted octanol–water partition coefficient (Wildman–Crippen LogP) is 16.9. The molecule has 296 valence electrons. The van der Waals surface area contributed by atoms with E-state index in [1.807, 2.05) is 0 Å². The quantitative estimate of drug-likeness (QED) is 0.168. The van der Waals surface area contributed by atoms with Crippen molar-refractivity contribution in [2.45, 2.75) is 48.5 Å². The maximum Gasteiger partial charge on any atom is 0.142 e. The van der Waals surface area contributed by atoms with Gasteiger partial charge in [-0.25, -0.2) is 0 Å². The minimum atomic E-state index is 0.864. The van der Waals surface area contributed by atoms with E-state index in [4.69, 9.17) is 8.83 Å². The van der Waals surface area contributed by atoms with Crippen molar-refractivity contribution in [1.29, 1.82) is 0 Å². The Morgan fingerprint density at radius 3 is 1.05 bits per heavy atom. The minimum absolute atomic E-state index is 0.864. The lowest BCUT2D eigenvalue weighted by Gasteiger charge is -2.26. The molecule has 0 N–H and O–H groups in total. The number of benzene rings is 9. The van der Waals surface area contributed by atoms with E-state index in [0.29, 0.717) is 0 Å². The molecule has 0 aliphatic carbocycles. The fraction of sp³-hybridized carbons (Fsp3) is 0.123. The zero-order valence-corrected chi connectivity index (χ0v) is 35.6. The number of aryl methyl sites for hydroxylation is 7. The lowest BCUT2D eigenvalue weighted by molar-refractivity contribution is 0.651. The van der Waals surface area contributed by atoms with Gasteiger partial charge in [-0.2, -0.15) is 0 Å². The molecule has 61 heavy (non-hydrogen) atoms. The molecule has 9 aromatic carbocycles. The van der Waals surface area contributed by atoms with Crippen LogP contribution in [0.3, 0.4) is 0 Å². The largest absolute Gasteiger partial charge is 0.456 e. The van der Waals surface area contributed by atoms with Gasteiger partial charge in [-0.1, -0.05) is 59.7 Å². The highest BCUT2D eigenvalue weighted by atomic mass is 16.3. The summed E-state index contributed by atoms with van der Waals surface area (Å²) in [6.45, 7) is 15.0. The van der Waals surface area contributed by atoms with Crippen molar-refractivity contribution in [1.82, 2.24) is 0 Å². The Morgan fingerprint density at radius 2 is 0.656 bits per heavy atom. The standard InChI is InChI=1S/C57H46N2O2/c1-33-8-14-44(15-9-33)58(48-22-35(3)20-36(4)23-48)46-18-12-40-28-50-52-32-53-51-29-41-13-19-47(59(45-16-10-34(2)11-17-45)49-24-37(5)21-38(6)25-49)27-43(41)31-55(51)61-57(53)39(7)56(52)60-54(50)30-42(40)26-46/h8-32H,1-7H3. The van der Waals surface area contributed by atoms with Crippen LogP contribution in [0.15, 0.2) is 160 Å². The number of hydrogen-bond donors (Lipinski definition) is 0. The molecule has 0 atom stereocenters. The summed E-state index contributed by atoms with van der Waals surface area (Å²) in [5.41, 5.74) is 18.6. The van der Waals surface area contributed by atoms with E-state index in [-0.39, 0.29) is 0 Å². The Hall–Kier alpha value is -7.30. The molecule has 0 radical (unpaired) electrons. The van der Waals surface area contributed by atoms with Gasteiger partial charge in [0.2, 0.25) is 0 Å². The molecular formula is C57H46N2O2. The van der Waals surface area contributed by atoms with Gasteiger partial charge in [0.15, 0.2) is 0 Å². The van der Waals surface area contributed by atoms with Crippen molar-refractivity contribution in [3.8, 4) is 0 Å². The molecule has 0 spiro atoms. The first-order chi connectivity index (χ1) is 29.5. The highest BCUT2D eigenvalue weighted by molar-refractivity contribution is 6.20.